The molecule has 0 saturated heterocycles. The quantitative estimate of drug-likeness (QED) is 0.402. The molecule has 180 valence electrons. The summed E-state index contributed by atoms with van der Waals surface area (Å²) < 4.78 is 12.3. The summed E-state index contributed by atoms with van der Waals surface area (Å²) in [6.07, 6.45) is 0.249. The van der Waals surface area contributed by atoms with Gasteiger partial charge in [0.05, 0.1) is 38.1 Å². The largest absolute Gasteiger partial charge is 0.497 e. The summed E-state index contributed by atoms with van der Waals surface area (Å²) in [7, 11) is 3.16. The van der Waals surface area contributed by atoms with Crippen LogP contribution in [0.5, 0.6) is 11.5 Å². The third kappa shape index (κ3) is 6.50. The summed E-state index contributed by atoms with van der Waals surface area (Å²) in [5.41, 5.74) is 1.50. The fourth-order valence-corrected chi connectivity index (χ4v) is 4.18. The van der Waals surface area contributed by atoms with Crippen LogP contribution in [0.15, 0.2) is 53.7 Å². The molecule has 1 aromatic heterocycles. The molecule has 0 bridgehead atoms. The van der Waals surface area contributed by atoms with Crippen molar-refractivity contribution in [2.45, 2.75) is 38.0 Å². The van der Waals surface area contributed by atoms with E-state index in [0.29, 0.717) is 29.0 Å². The maximum Gasteiger partial charge on any atom is 0.234 e. The van der Waals surface area contributed by atoms with Gasteiger partial charge in [-0.15, -0.1) is 10.2 Å². The van der Waals surface area contributed by atoms with Gasteiger partial charge in [-0.2, -0.15) is 0 Å². The average Bonchev–Trinajstić information content (AvgIpc) is 3.26. The lowest BCUT2D eigenvalue weighted by atomic mass is 10.1. The highest BCUT2D eigenvalue weighted by molar-refractivity contribution is 7.99. The van der Waals surface area contributed by atoms with E-state index in [0.717, 1.165) is 11.3 Å². The van der Waals surface area contributed by atoms with Crippen molar-refractivity contribution in [2.24, 2.45) is 0 Å². The highest BCUT2D eigenvalue weighted by atomic mass is 32.2. The molecule has 3 aromatic rings. The van der Waals surface area contributed by atoms with Gasteiger partial charge in [-0.3, -0.25) is 9.59 Å². The van der Waals surface area contributed by atoms with Crippen LogP contribution in [0.1, 0.15) is 31.3 Å². The molecular formula is C24H29N5O4S. The fourth-order valence-electron chi connectivity index (χ4n) is 3.37. The zero-order chi connectivity index (χ0) is 24.5. The molecule has 3 rings (SSSR count). The molecule has 2 amide bonds. The Balaban J connectivity index is 1.58. The summed E-state index contributed by atoms with van der Waals surface area (Å²) in [5.74, 6) is 1.85. The minimum atomic E-state index is -0.338. The molecule has 34 heavy (non-hydrogen) atoms. The molecule has 0 aliphatic carbocycles. The van der Waals surface area contributed by atoms with E-state index in [1.165, 1.54) is 11.8 Å². The van der Waals surface area contributed by atoms with Crippen molar-refractivity contribution in [3.63, 3.8) is 0 Å². The molecule has 1 heterocycles. The van der Waals surface area contributed by atoms with E-state index in [9.17, 15) is 9.59 Å². The number of methoxy groups -OCH3 is 2. The highest BCUT2D eigenvalue weighted by Gasteiger charge is 2.20. The van der Waals surface area contributed by atoms with Crippen LogP contribution in [0.3, 0.4) is 0 Å². The van der Waals surface area contributed by atoms with Crippen molar-refractivity contribution >= 4 is 29.3 Å². The maximum atomic E-state index is 12.5. The summed E-state index contributed by atoms with van der Waals surface area (Å²) in [5, 5.41) is 14.9. The van der Waals surface area contributed by atoms with Crippen LogP contribution < -0.4 is 20.1 Å². The lowest BCUT2D eigenvalue weighted by Gasteiger charge is -2.15. The van der Waals surface area contributed by atoms with E-state index < -0.39 is 0 Å². The SMILES string of the molecule is CCn1c(SCC(=O)Nc2ccccc2OC)nnc1C(C)NC(=O)Cc1ccc(OC)cc1. The molecule has 0 radical (unpaired) electrons. The van der Waals surface area contributed by atoms with Crippen molar-refractivity contribution < 1.29 is 19.1 Å². The first-order valence-electron chi connectivity index (χ1n) is 10.9. The zero-order valence-corrected chi connectivity index (χ0v) is 20.5. The van der Waals surface area contributed by atoms with Crippen molar-refractivity contribution in [1.29, 1.82) is 0 Å². The van der Waals surface area contributed by atoms with Crippen LogP contribution in [-0.2, 0) is 22.6 Å². The Morgan fingerprint density at radius 3 is 2.44 bits per heavy atom. The predicted octanol–water partition coefficient (Wildman–Crippen LogP) is 3.47. The number of benzene rings is 2. The molecule has 0 spiro atoms. The topological polar surface area (TPSA) is 107 Å². The number of hydrogen-bond donors (Lipinski definition) is 2. The molecule has 1 unspecified atom stereocenters. The van der Waals surface area contributed by atoms with Gasteiger partial charge in [0.25, 0.3) is 0 Å². The van der Waals surface area contributed by atoms with Gasteiger partial charge in [0, 0.05) is 6.54 Å². The molecular weight excluding hydrogens is 454 g/mol. The second-order valence-electron chi connectivity index (χ2n) is 7.44. The number of ether oxygens (including phenoxy) is 2. The van der Waals surface area contributed by atoms with Crippen LogP contribution in [0, 0.1) is 0 Å². The van der Waals surface area contributed by atoms with E-state index in [1.807, 2.05) is 54.8 Å². The smallest absolute Gasteiger partial charge is 0.234 e. The van der Waals surface area contributed by atoms with Gasteiger partial charge in [-0.05, 0) is 43.7 Å². The third-order valence-corrected chi connectivity index (χ3v) is 6.03. The minimum absolute atomic E-state index is 0.117. The molecule has 0 fully saturated rings. The second kappa shape index (κ2) is 12.1. The summed E-state index contributed by atoms with van der Waals surface area (Å²) in [6, 6.07) is 14.3. The van der Waals surface area contributed by atoms with Crippen molar-refractivity contribution in [3.05, 3.63) is 59.9 Å². The Hall–Kier alpha value is -3.53. The number of anilines is 1. The lowest BCUT2D eigenvalue weighted by Crippen LogP contribution is -2.30. The second-order valence-corrected chi connectivity index (χ2v) is 8.38. The van der Waals surface area contributed by atoms with Gasteiger partial charge >= 0.3 is 0 Å². The Bertz CT molecular complexity index is 1120. The average molecular weight is 484 g/mol. The Labute approximate surface area is 203 Å². The van der Waals surface area contributed by atoms with E-state index in [2.05, 4.69) is 20.8 Å². The van der Waals surface area contributed by atoms with Gasteiger partial charge < -0.3 is 24.7 Å². The Morgan fingerprint density at radius 2 is 1.76 bits per heavy atom. The first kappa shape index (κ1) is 25.1. The minimum Gasteiger partial charge on any atom is -0.497 e. The van der Waals surface area contributed by atoms with Gasteiger partial charge in [0.1, 0.15) is 11.5 Å². The molecule has 2 N–H and O–H groups in total. The van der Waals surface area contributed by atoms with Gasteiger partial charge in [0.15, 0.2) is 11.0 Å². The summed E-state index contributed by atoms with van der Waals surface area (Å²) in [4.78, 5) is 25.0. The number of carbonyl (C=O) groups is 2. The fraction of sp³-hybridized carbons (Fsp3) is 0.333. The molecule has 0 aliphatic rings. The molecule has 0 saturated carbocycles. The number of hydrogen-bond acceptors (Lipinski definition) is 7. The van der Waals surface area contributed by atoms with Gasteiger partial charge in [-0.25, -0.2) is 0 Å². The normalized spacial score (nSPS) is 11.5. The maximum absolute atomic E-state index is 12.5. The molecule has 10 heteroatoms. The summed E-state index contributed by atoms with van der Waals surface area (Å²) in [6.45, 7) is 4.44. The van der Waals surface area contributed by atoms with Crippen molar-refractivity contribution in [3.8, 4) is 11.5 Å². The van der Waals surface area contributed by atoms with E-state index in [4.69, 9.17) is 9.47 Å². The van der Waals surface area contributed by atoms with Crippen molar-refractivity contribution in [1.82, 2.24) is 20.1 Å². The first-order valence-corrected chi connectivity index (χ1v) is 11.8. The monoisotopic (exact) mass is 483 g/mol. The number of rotatable bonds is 11. The molecule has 0 aliphatic heterocycles. The number of para-hydroxylation sites is 2. The highest BCUT2D eigenvalue weighted by Crippen LogP contribution is 2.25. The van der Waals surface area contributed by atoms with Crippen LogP contribution in [0.25, 0.3) is 0 Å². The summed E-state index contributed by atoms with van der Waals surface area (Å²) >= 11 is 1.29. The van der Waals surface area contributed by atoms with Gasteiger partial charge in [0.2, 0.25) is 11.8 Å². The van der Waals surface area contributed by atoms with E-state index in [-0.39, 0.29) is 30.0 Å². The number of amides is 2. The van der Waals surface area contributed by atoms with Crippen LogP contribution in [0.4, 0.5) is 5.69 Å². The number of aromatic nitrogens is 3. The van der Waals surface area contributed by atoms with E-state index >= 15 is 0 Å². The van der Waals surface area contributed by atoms with E-state index in [1.54, 1.807) is 26.4 Å². The van der Waals surface area contributed by atoms with Crippen LogP contribution >= 0.6 is 11.8 Å². The predicted molar refractivity (Wildman–Crippen MR) is 131 cm³/mol. The molecule has 1 atom stereocenters. The first-order chi connectivity index (χ1) is 16.4. The Morgan fingerprint density at radius 1 is 1.03 bits per heavy atom. The number of carbonyl (C=O) groups excluding carboxylic acids is 2. The molecule has 9 nitrogen and oxygen atoms in total. The zero-order valence-electron chi connectivity index (χ0n) is 19.7. The van der Waals surface area contributed by atoms with Crippen LogP contribution in [0.2, 0.25) is 0 Å². The number of thioether (sulfide) groups is 1. The standard InChI is InChI=1S/C24H29N5O4S/c1-5-29-23(16(2)25-21(30)14-17-10-12-18(32-3)13-11-17)27-28-24(29)34-15-22(31)26-19-8-6-7-9-20(19)33-4/h6-13,16H,5,14-15H2,1-4H3,(H,25,30)(H,26,31). The Kier molecular flexibility index (Phi) is 8.92. The van der Waals surface area contributed by atoms with Gasteiger partial charge in [-0.1, -0.05) is 36.0 Å². The third-order valence-electron chi connectivity index (χ3n) is 5.06. The lowest BCUT2D eigenvalue weighted by molar-refractivity contribution is -0.121. The van der Waals surface area contributed by atoms with Crippen molar-refractivity contribution in [2.75, 3.05) is 25.3 Å². The number of nitrogens with one attached hydrogen (secondary N) is 2. The van der Waals surface area contributed by atoms with Crippen LogP contribution in [-0.4, -0.2) is 46.6 Å². The molecule has 2 aromatic carbocycles. The number of nitrogens with zero attached hydrogens (tertiary/aromatic N) is 3.